The van der Waals surface area contributed by atoms with E-state index in [1.54, 1.807) is 0 Å². The Morgan fingerprint density at radius 3 is 2.53 bits per heavy atom. The molecular formula is C14H27N. The Kier molecular flexibility index (Phi) is 6.00. The van der Waals surface area contributed by atoms with Crippen molar-refractivity contribution in [3.05, 3.63) is 12.2 Å². The second-order valence-corrected chi connectivity index (χ2v) is 4.92. The molecule has 0 aliphatic heterocycles. The molecule has 0 spiro atoms. The van der Waals surface area contributed by atoms with Crippen LogP contribution in [0.2, 0.25) is 0 Å². The van der Waals surface area contributed by atoms with Crippen LogP contribution in [0.5, 0.6) is 0 Å². The number of hydrogen-bond acceptors (Lipinski definition) is 1. The average Bonchev–Trinajstić information content (AvgIpc) is 2.29. The first-order chi connectivity index (χ1) is 7.27. The van der Waals surface area contributed by atoms with Crippen molar-refractivity contribution in [2.45, 2.75) is 58.9 Å². The van der Waals surface area contributed by atoms with Crippen LogP contribution in [0.3, 0.4) is 0 Å². The van der Waals surface area contributed by atoms with Gasteiger partial charge in [0.05, 0.1) is 0 Å². The van der Waals surface area contributed by atoms with Gasteiger partial charge in [0.1, 0.15) is 0 Å². The van der Waals surface area contributed by atoms with Crippen LogP contribution in [0.15, 0.2) is 12.2 Å². The fraction of sp³-hybridized carbons (Fsp3) is 0.857. The first kappa shape index (κ1) is 12.8. The third-order valence-electron chi connectivity index (χ3n) is 3.86. The highest BCUT2D eigenvalue weighted by atomic mass is 14.9. The highest BCUT2D eigenvalue weighted by Gasteiger charge is 2.15. The van der Waals surface area contributed by atoms with Crippen molar-refractivity contribution >= 4 is 0 Å². The minimum Gasteiger partial charge on any atom is -0.314 e. The predicted octanol–water partition coefficient (Wildman–Crippen LogP) is 3.76. The molecule has 0 aromatic heterocycles. The van der Waals surface area contributed by atoms with Crippen molar-refractivity contribution in [1.82, 2.24) is 5.32 Å². The highest BCUT2D eigenvalue weighted by molar-refractivity contribution is 4.90. The van der Waals surface area contributed by atoms with Gasteiger partial charge in [-0.3, -0.25) is 0 Å². The molecule has 0 saturated carbocycles. The Hall–Kier alpha value is -0.300. The number of hydrogen-bond donors (Lipinski definition) is 1. The van der Waals surface area contributed by atoms with Crippen molar-refractivity contribution in [2.24, 2.45) is 11.8 Å². The van der Waals surface area contributed by atoms with E-state index in [0.717, 1.165) is 11.8 Å². The van der Waals surface area contributed by atoms with Crippen LogP contribution in [0.25, 0.3) is 0 Å². The average molecular weight is 209 g/mol. The summed E-state index contributed by atoms with van der Waals surface area (Å²) in [6.07, 6.45) is 11.2. The normalized spacial score (nSPS) is 23.3. The summed E-state index contributed by atoms with van der Waals surface area (Å²) in [5.41, 5.74) is 0. The monoisotopic (exact) mass is 209 g/mol. The number of nitrogens with one attached hydrogen (secondary N) is 1. The summed E-state index contributed by atoms with van der Waals surface area (Å²) < 4.78 is 0. The summed E-state index contributed by atoms with van der Waals surface area (Å²) in [4.78, 5) is 0. The molecule has 1 heteroatoms. The quantitative estimate of drug-likeness (QED) is 0.657. The second kappa shape index (κ2) is 7.05. The summed E-state index contributed by atoms with van der Waals surface area (Å²) >= 11 is 0. The molecule has 0 saturated heterocycles. The maximum atomic E-state index is 3.72. The molecule has 1 rings (SSSR count). The van der Waals surface area contributed by atoms with E-state index in [9.17, 15) is 0 Å². The van der Waals surface area contributed by atoms with Crippen molar-refractivity contribution in [2.75, 3.05) is 6.54 Å². The predicted molar refractivity (Wildman–Crippen MR) is 68.0 cm³/mol. The Morgan fingerprint density at radius 2 is 2.00 bits per heavy atom. The molecule has 0 aromatic rings. The first-order valence-electron chi connectivity index (χ1n) is 6.66. The minimum atomic E-state index is 0.686. The van der Waals surface area contributed by atoms with Gasteiger partial charge in [-0.25, -0.2) is 0 Å². The summed E-state index contributed by atoms with van der Waals surface area (Å²) in [7, 11) is 0. The van der Waals surface area contributed by atoms with Crippen LogP contribution in [0, 0.1) is 11.8 Å². The molecule has 1 nitrogen and oxygen atoms in total. The zero-order valence-corrected chi connectivity index (χ0v) is 10.6. The van der Waals surface area contributed by atoms with Crippen LogP contribution in [0.1, 0.15) is 52.9 Å². The van der Waals surface area contributed by atoms with Gasteiger partial charge in [-0.05, 0) is 44.6 Å². The highest BCUT2D eigenvalue weighted by Crippen LogP contribution is 2.18. The summed E-state index contributed by atoms with van der Waals surface area (Å²) in [6, 6.07) is 0.686. The molecule has 1 aliphatic rings. The lowest BCUT2D eigenvalue weighted by atomic mass is 9.92. The van der Waals surface area contributed by atoms with E-state index in [1.807, 2.05) is 0 Å². The van der Waals surface area contributed by atoms with Crippen LogP contribution >= 0.6 is 0 Å². The standard InChI is InChI=1S/C14H27N/c1-4-14(5-2)12(3)15-11-13-9-7-6-8-10-13/h6-7,12-15H,4-5,8-11H2,1-3H3. The molecule has 1 aliphatic carbocycles. The van der Waals surface area contributed by atoms with Gasteiger partial charge >= 0.3 is 0 Å². The lowest BCUT2D eigenvalue weighted by Crippen LogP contribution is -2.36. The van der Waals surface area contributed by atoms with Crippen molar-refractivity contribution < 1.29 is 0 Å². The van der Waals surface area contributed by atoms with E-state index in [-0.39, 0.29) is 0 Å². The van der Waals surface area contributed by atoms with Gasteiger partial charge in [-0.1, -0.05) is 38.8 Å². The molecule has 0 radical (unpaired) electrons. The minimum absolute atomic E-state index is 0.686. The third-order valence-corrected chi connectivity index (χ3v) is 3.86. The molecule has 1 N–H and O–H groups in total. The van der Waals surface area contributed by atoms with Crippen LogP contribution in [0.4, 0.5) is 0 Å². The Balaban J connectivity index is 2.20. The second-order valence-electron chi connectivity index (χ2n) is 4.92. The first-order valence-corrected chi connectivity index (χ1v) is 6.66. The third kappa shape index (κ3) is 4.38. The van der Waals surface area contributed by atoms with Gasteiger partial charge in [-0.15, -0.1) is 0 Å². The van der Waals surface area contributed by atoms with Gasteiger partial charge in [-0.2, -0.15) is 0 Å². The Morgan fingerprint density at radius 1 is 1.27 bits per heavy atom. The van der Waals surface area contributed by atoms with Gasteiger partial charge < -0.3 is 5.32 Å². The van der Waals surface area contributed by atoms with Crippen molar-refractivity contribution in [3.63, 3.8) is 0 Å². The van der Waals surface area contributed by atoms with Crippen molar-refractivity contribution in [3.8, 4) is 0 Å². The van der Waals surface area contributed by atoms with Crippen LogP contribution < -0.4 is 5.32 Å². The topological polar surface area (TPSA) is 12.0 Å². The van der Waals surface area contributed by atoms with Crippen molar-refractivity contribution in [1.29, 1.82) is 0 Å². The molecule has 15 heavy (non-hydrogen) atoms. The summed E-state index contributed by atoms with van der Waals surface area (Å²) in [6.45, 7) is 8.16. The SMILES string of the molecule is CCC(CC)C(C)NCC1CC=CCC1. The number of allylic oxidation sites excluding steroid dienone is 2. The van der Waals surface area contributed by atoms with Gasteiger partial charge in [0.25, 0.3) is 0 Å². The maximum Gasteiger partial charge on any atom is 0.00669 e. The summed E-state index contributed by atoms with van der Waals surface area (Å²) in [5, 5.41) is 3.72. The molecular weight excluding hydrogens is 182 g/mol. The van der Waals surface area contributed by atoms with Crippen LogP contribution in [-0.4, -0.2) is 12.6 Å². The van der Waals surface area contributed by atoms with Crippen LogP contribution in [-0.2, 0) is 0 Å². The van der Waals surface area contributed by atoms with E-state index in [0.29, 0.717) is 6.04 Å². The van der Waals surface area contributed by atoms with E-state index >= 15 is 0 Å². The van der Waals surface area contributed by atoms with E-state index < -0.39 is 0 Å². The lowest BCUT2D eigenvalue weighted by molar-refractivity contribution is 0.323. The molecule has 0 heterocycles. The molecule has 0 bridgehead atoms. The largest absolute Gasteiger partial charge is 0.314 e. The zero-order valence-electron chi connectivity index (χ0n) is 10.6. The molecule has 2 unspecified atom stereocenters. The summed E-state index contributed by atoms with van der Waals surface area (Å²) in [5.74, 6) is 1.73. The van der Waals surface area contributed by atoms with E-state index in [1.165, 1.54) is 38.6 Å². The smallest absolute Gasteiger partial charge is 0.00669 e. The molecule has 2 atom stereocenters. The molecule has 0 fully saturated rings. The van der Waals surface area contributed by atoms with Gasteiger partial charge in [0.2, 0.25) is 0 Å². The molecule has 0 amide bonds. The molecule has 88 valence electrons. The Labute approximate surface area is 95.3 Å². The fourth-order valence-corrected chi connectivity index (χ4v) is 2.56. The van der Waals surface area contributed by atoms with E-state index in [4.69, 9.17) is 0 Å². The number of rotatable bonds is 6. The van der Waals surface area contributed by atoms with Gasteiger partial charge in [0.15, 0.2) is 0 Å². The molecule has 0 aromatic carbocycles. The maximum absolute atomic E-state index is 3.72. The van der Waals surface area contributed by atoms with Gasteiger partial charge in [0, 0.05) is 6.04 Å². The fourth-order valence-electron chi connectivity index (χ4n) is 2.56. The lowest BCUT2D eigenvalue weighted by Gasteiger charge is -2.26. The van der Waals surface area contributed by atoms with E-state index in [2.05, 4.69) is 38.2 Å². The Bertz CT molecular complexity index is 182. The zero-order chi connectivity index (χ0) is 11.1.